The van der Waals surface area contributed by atoms with Gasteiger partial charge in [-0.05, 0) is 50.9 Å². The van der Waals surface area contributed by atoms with Gasteiger partial charge in [0.25, 0.3) is 0 Å². The highest BCUT2D eigenvalue weighted by molar-refractivity contribution is 4.91. The van der Waals surface area contributed by atoms with Crippen molar-refractivity contribution in [1.29, 1.82) is 0 Å². The molecule has 0 saturated heterocycles. The molecule has 0 spiro atoms. The first kappa shape index (κ1) is 12.4. The number of nitrogens with one attached hydrogen (secondary N) is 1. The molecule has 0 radical (unpaired) electrons. The van der Waals surface area contributed by atoms with Crippen LogP contribution in [0.2, 0.25) is 0 Å². The van der Waals surface area contributed by atoms with Gasteiger partial charge in [-0.3, -0.25) is 0 Å². The zero-order valence-electron chi connectivity index (χ0n) is 10.7. The van der Waals surface area contributed by atoms with Crippen molar-refractivity contribution in [3.8, 4) is 0 Å². The molecule has 0 aromatic heterocycles. The molecule has 2 aliphatic rings. The zero-order chi connectivity index (χ0) is 11.4. The standard InChI is InChI=1S/C14H27NO/c1-2-4-12-5-7-13(8-6-12)15-11-14(16)9-3-10-14/h12-13,15-16H,2-11H2,1H3. The van der Waals surface area contributed by atoms with Crippen molar-refractivity contribution >= 4 is 0 Å². The summed E-state index contributed by atoms with van der Waals surface area (Å²) in [6.07, 6.45) is 11.4. The van der Waals surface area contributed by atoms with E-state index >= 15 is 0 Å². The summed E-state index contributed by atoms with van der Waals surface area (Å²) in [5, 5.41) is 13.6. The van der Waals surface area contributed by atoms with E-state index in [1.165, 1.54) is 44.9 Å². The van der Waals surface area contributed by atoms with Gasteiger partial charge in [-0.1, -0.05) is 19.8 Å². The Balaban J connectivity index is 1.61. The monoisotopic (exact) mass is 225 g/mol. The predicted octanol–water partition coefficient (Wildman–Crippen LogP) is 2.85. The smallest absolute Gasteiger partial charge is 0.0771 e. The minimum absolute atomic E-state index is 0.347. The number of aliphatic hydroxyl groups is 1. The molecule has 0 aromatic carbocycles. The third-order valence-electron chi connectivity index (χ3n) is 4.55. The Morgan fingerprint density at radius 1 is 1.19 bits per heavy atom. The second kappa shape index (κ2) is 5.50. The Bertz CT molecular complexity index is 205. The van der Waals surface area contributed by atoms with Gasteiger partial charge in [0.1, 0.15) is 0 Å². The molecule has 0 aromatic rings. The first-order valence-corrected chi connectivity index (χ1v) is 7.17. The average Bonchev–Trinajstić information content (AvgIpc) is 2.26. The number of hydrogen-bond acceptors (Lipinski definition) is 2. The van der Waals surface area contributed by atoms with Crippen molar-refractivity contribution in [3.63, 3.8) is 0 Å². The topological polar surface area (TPSA) is 32.3 Å². The lowest BCUT2D eigenvalue weighted by Crippen LogP contribution is -2.49. The number of hydrogen-bond donors (Lipinski definition) is 2. The molecule has 0 unspecified atom stereocenters. The maximum Gasteiger partial charge on any atom is 0.0771 e. The summed E-state index contributed by atoms with van der Waals surface area (Å²) in [6.45, 7) is 3.12. The van der Waals surface area contributed by atoms with E-state index in [0.717, 1.165) is 25.3 Å². The van der Waals surface area contributed by atoms with Gasteiger partial charge in [-0.25, -0.2) is 0 Å². The Morgan fingerprint density at radius 3 is 2.38 bits per heavy atom. The van der Waals surface area contributed by atoms with E-state index in [0.29, 0.717) is 6.04 Å². The lowest BCUT2D eigenvalue weighted by molar-refractivity contribution is -0.0342. The molecule has 16 heavy (non-hydrogen) atoms. The lowest BCUT2D eigenvalue weighted by atomic mass is 9.79. The Kier molecular flexibility index (Phi) is 4.26. The van der Waals surface area contributed by atoms with Crippen molar-refractivity contribution in [2.45, 2.75) is 76.4 Å². The third kappa shape index (κ3) is 3.21. The fourth-order valence-corrected chi connectivity index (χ4v) is 3.16. The highest BCUT2D eigenvalue weighted by atomic mass is 16.3. The molecular weight excluding hydrogens is 198 g/mol. The van der Waals surface area contributed by atoms with E-state index in [4.69, 9.17) is 0 Å². The first-order valence-electron chi connectivity index (χ1n) is 7.17. The summed E-state index contributed by atoms with van der Waals surface area (Å²) in [6, 6.07) is 0.678. The molecular formula is C14H27NO. The van der Waals surface area contributed by atoms with Crippen LogP contribution in [0.15, 0.2) is 0 Å². The quantitative estimate of drug-likeness (QED) is 0.754. The molecule has 2 rings (SSSR count). The van der Waals surface area contributed by atoms with Crippen molar-refractivity contribution in [3.05, 3.63) is 0 Å². The van der Waals surface area contributed by atoms with Crippen LogP contribution in [0.25, 0.3) is 0 Å². The molecule has 2 heteroatoms. The zero-order valence-corrected chi connectivity index (χ0v) is 10.7. The summed E-state index contributed by atoms with van der Waals surface area (Å²) in [4.78, 5) is 0. The van der Waals surface area contributed by atoms with Gasteiger partial charge in [0.05, 0.1) is 5.60 Å². The van der Waals surface area contributed by atoms with Crippen molar-refractivity contribution in [2.75, 3.05) is 6.54 Å². The van der Waals surface area contributed by atoms with Gasteiger partial charge in [-0.15, -0.1) is 0 Å². The maximum absolute atomic E-state index is 10.0. The van der Waals surface area contributed by atoms with Crippen LogP contribution < -0.4 is 5.32 Å². The van der Waals surface area contributed by atoms with Crippen molar-refractivity contribution in [2.24, 2.45) is 5.92 Å². The fraction of sp³-hybridized carbons (Fsp3) is 1.00. The summed E-state index contributed by atoms with van der Waals surface area (Å²) < 4.78 is 0. The van der Waals surface area contributed by atoms with Gasteiger partial charge >= 0.3 is 0 Å². The van der Waals surface area contributed by atoms with Crippen LogP contribution in [0.4, 0.5) is 0 Å². The molecule has 94 valence electrons. The van der Waals surface area contributed by atoms with Crippen LogP contribution in [0.5, 0.6) is 0 Å². The summed E-state index contributed by atoms with van der Waals surface area (Å²) in [5.41, 5.74) is -0.347. The van der Waals surface area contributed by atoms with E-state index in [-0.39, 0.29) is 5.60 Å². The normalized spacial score (nSPS) is 33.4. The van der Waals surface area contributed by atoms with E-state index in [1.807, 2.05) is 0 Å². The highest BCUT2D eigenvalue weighted by Gasteiger charge is 2.34. The van der Waals surface area contributed by atoms with Crippen molar-refractivity contribution < 1.29 is 5.11 Å². The van der Waals surface area contributed by atoms with Crippen LogP contribution in [-0.2, 0) is 0 Å². The molecule has 0 aliphatic heterocycles. The fourth-order valence-electron chi connectivity index (χ4n) is 3.16. The first-order chi connectivity index (χ1) is 7.72. The largest absolute Gasteiger partial charge is 0.389 e. The molecule has 0 amide bonds. The average molecular weight is 225 g/mol. The van der Waals surface area contributed by atoms with Gasteiger partial charge in [0.2, 0.25) is 0 Å². The van der Waals surface area contributed by atoms with Crippen LogP contribution in [-0.4, -0.2) is 23.3 Å². The summed E-state index contributed by atoms with van der Waals surface area (Å²) >= 11 is 0. The molecule has 0 atom stereocenters. The van der Waals surface area contributed by atoms with Crippen LogP contribution in [0, 0.1) is 5.92 Å². The second-order valence-electron chi connectivity index (χ2n) is 5.97. The third-order valence-corrected chi connectivity index (χ3v) is 4.55. The second-order valence-corrected chi connectivity index (χ2v) is 5.97. The van der Waals surface area contributed by atoms with E-state index in [9.17, 15) is 5.11 Å². The van der Waals surface area contributed by atoms with Crippen molar-refractivity contribution in [1.82, 2.24) is 5.32 Å². The molecule has 2 nitrogen and oxygen atoms in total. The Morgan fingerprint density at radius 2 is 1.88 bits per heavy atom. The molecule has 2 saturated carbocycles. The van der Waals surface area contributed by atoms with Crippen LogP contribution >= 0.6 is 0 Å². The molecule has 2 N–H and O–H groups in total. The molecule has 0 heterocycles. The van der Waals surface area contributed by atoms with E-state index < -0.39 is 0 Å². The van der Waals surface area contributed by atoms with Gasteiger partial charge in [-0.2, -0.15) is 0 Å². The highest BCUT2D eigenvalue weighted by Crippen LogP contribution is 2.32. The van der Waals surface area contributed by atoms with Gasteiger partial charge in [0.15, 0.2) is 0 Å². The molecule has 2 aliphatic carbocycles. The van der Waals surface area contributed by atoms with Gasteiger partial charge < -0.3 is 10.4 Å². The SMILES string of the molecule is CCCC1CCC(NCC2(O)CCC2)CC1. The minimum Gasteiger partial charge on any atom is -0.389 e. The maximum atomic E-state index is 10.0. The summed E-state index contributed by atoms with van der Waals surface area (Å²) in [5.74, 6) is 0.981. The van der Waals surface area contributed by atoms with Gasteiger partial charge in [0, 0.05) is 12.6 Å². The summed E-state index contributed by atoms with van der Waals surface area (Å²) in [7, 11) is 0. The van der Waals surface area contributed by atoms with E-state index in [2.05, 4.69) is 12.2 Å². The lowest BCUT2D eigenvalue weighted by Gasteiger charge is -2.39. The predicted molar refractivity (Wildman–Crippen MR) is 67.5 cm³/mol. The molecule has 2 fully saturated rings. The number of rotatable bonds is 5. The Labute approximate surface area is 99.8 Å². The van der Waals surface area contributed by atoms with Crippen LogP contribution in [0.1, 0.15) is 64.7 Å². The minimum atomic E-state index is -0.347. The van der Waals surface area contributed by atoms with E-state index in [1.54, 1.807) is 0 Å². The molecule has 0 bridgehead atoms. The van der Waals surface area contributed by atoms with Crippen LogP contribution in [0.3, 0.4) is 0 Å². The Hall–Kier alpha value is -0.0800.